The first-order valence-corrected chi connectivity index (χ1v) is 5.07. The van der Waals surface area contributed by atoms with Gasteiger partial charge in [-0.2, -0.15) is 43.9 Å². The lowest BCUT2D eigenvalue weighted by Crippen LogP contribution is -2.63. The molecule has 0 heterocycles. The molecule has 0 N–H and O–H groups in total. The highest BCUT2D eigenvalue weighted by atomic mass is 19.4. The van der Waals surface area contributed by atoms with E-state index in [9.17, 15) is 52.7 Å². The van der Waals surface area contributed by atoms with E-state index in [0.717, 1.165) is 0 Å². The third-order valence-electron chi connectivity index (χ3n) is 2.49. The van der Waals surface area contributed by atoms with E-state index < -0.39 is 48.1 Å². The number of halogens is 12. The molecule has 0 bridgehead atoms. The van der Waals surface area contributed by atoms with Crippen molar-refractivity contribution in [1.82, 2.24) is 0 Å². The molecule has 0 aliphatic carbocycles. The van der Waals surface area contributed by atoms with Gasteiger partial charge in [0.2, 0.25) is 0 Å². The zero-order chi connectivity index (χ0) is 19.1. The van der Waals surface area contributed by atoms with Gasteiger partial charge in [-0.3, -0.25) is 0 Å². The normalized spacial score (nSPS) is 19.7. The van der Waals surface area contributed by atoms with Gasteiger partial charge in [-0.25, -0.2) is 13.5 Å². The van der Waals surface area contributed by atoms with E-state index >= 15 is 0 Å². The summed E-state index contributed by atoms with van der Waals surface area (Å²) in [6.45, 7) is 3.98. The third kappa shape index (κ3) is 3.28. The Kier molecular flexibility index (Phi) is 5.26. The predicted molar refractivity (Wildman–Crippen MR) is 51.2 cm³/mol. The topological polar surface area (TPSA) is 9.23 Å². The number of hydrogen-bond acceptors (Lipinski definition) is 1. The van der Waals surface area contributed by atoms with Crippen molar-refractivity contribution in [2.24, 2.45) is 0 Å². The minimum absolute atomic E-state index is 1.22. The first kappa shape index (κ1) is 21.6. The monoisotopic (exact) mass is 370 g/mol. The SMILES string of the molecule is C=CC(F)(C(F)(F)F)C(F)(F)OC(F)(F)C(F)(C=C)C(F)(F)F. The Hall–Kier alpha value is -1.40. The average Bonchev–Trinajstić information content (AvgIpc) is 2.31. The summed E-state index contributed by atoms with van der Waals surface area (Å²) in [5, 5.41) is 0. The van der Waals surface area contributed by atoms with Crippen LogP contribution in [0.5, 0.6) is 0 Å². The summed E-state index contributed by atoms with van der Waals surface area (Å²) in [6, 6.07) is 0. The lowest BCUT2D eigenvalue weighted by Gasteiger charge is -2.38. The third-order valence-corrected chi connectivity index (χ3v) is 2.49. The van der Waals surface area contributed by atoms with Crippen LogP contribution >= 0.6 is 0 Å². The zero-order valence-electron chi connectivity index (χ0n) is 10.5. The summed E-state index contributed by atoms with van der Waals surface area (Å²) >= 11 is 0. The average molecular weight is 370 g/mol. The van der Waals surface area contributed by atoms with E-state index in [-0.39, 0.29) is 0 Å². The molecule has 0 aromatic carbocycles. The van der Waals surface area contributed by atoms with Crippen molar-refractivity contribution in [3.8, 4) is 0 Å². The molecular formula is C10H6F12O. The fourth-order valence-electron chi connectivity index (χ4n) is 1.11. The van der Waals surface area contributed by atoms with E-state index in [0.29, 0.717) is 0 Å². The van der Waals surface area contributed by atoms with Gasteiger partial charge in [0.1, 0.15) is 0 Å². The Morgan fingerprint density at radius 1 is 0.522 bits per heavy atom. The van der Waals surface area contributed by atoms with Crippen LogP contribution in [0.4, 0.5) is 52.7 Å². The molecule has 0 fully saturated rings. The molecule has 0 aromatic rings. The largest absolute Gasteiger partial charge is 0.434 e. The van der Waals surface area contributed by atoms with Crippen molar-refractivity contribution in [1.29, 1.82) is 0 Å². The number of ether oxygens (including phenoxy) is 1. The van der Waals surface area contributed by atoms with Gasteiger partial charge in [0.05, 0.1) is 0 Å². The quantitative estimate of drug-likeness (QED) is 0.467. The van der Waals surface area contributed by atoms with E-state index in [1.807, 2.05) is 17.9 Å². The maximum atomic E-state index is 13.2. The Balaban J connectivity index is 6.04. The van der Waals surface area contributed by atoms with E-state index in [2.05, 4.69) is 0 Å². The molecule has 2 atom stereocenters. The maximum absolute atomic E-state index is 13.2. The molecule has 2 unspecified atom stereocenters. The number of alkyl halides is 12. The van der Waals surface area contributed by atoms with Gasteiger partial charge >= 0.3 is 35.9 Å². The van der Waals surface area contributed by atoms with Gasteiger partial charge in [-0.15, -0.1) is 0 Å². The Labute approximate surface area is 120 Å². The highest BCUT2D eigenvalue weighted by Crippen LogP contribution is 2.53. The molecule has 0 saturated carbocycles. The summed E-state index contributed by atoms with van der Waals surface area (Å²) in [5.41, 5.74) is -12.0. The molecule has 23 heavy (non-hydrogen) atoms. The zero-order valence-corrected chi connectivity index (χ0v) is 10.5. The Morgan fingerprint density at radius 3 is 0.870 bits per heavy atom. The molecular weight excluding hydrogens is 364 g/mol. The maximum Gasteiger partial charge on any atom is 0.434 e. The van der Waals surface area contributed by atoms with Crippen LogP contribution in [0.25, 0.3) is 0 Å². The fourth-order valence-corrected chi connectivity index (χ4v) is 1.11. The van der Waals surface area contributed by atoms with Crippen LogP contribution in [0.3, 0.4) is 0 Å². The van der Waals surface area contributed by atoms with Crippen LogP contribution in [0, 0.1) is 0 Å². The van der Waals surface area contributed by atoms with Crippen molar-refractivity contribution in [3.05, 3.63) is 25.3 Å². The second-order valence-electron chi connectivity index (χ2n) is 3.96. The fraction of sp³-hybridized carbons (Fsp3) is 0.600. The van der Waals surface area contributed by atoms with Crippen molar-refractivity contribution < 1.29 is 57.4 Å². The lowest BCUT2D eigenvalue weighted by molar-refractivity contribution is -0.468. The number of hydrogen-bond donors (Lipinski definition) is 0. The van der Waals surface area contributed by atoms with Crippen LogP contribution in [0.2, 0.25) is 0 Å². The molecule has 13 heteroatoms. The van der Waals surface area contributed by atoms with E-state index in [1.54, 1.807) is 0 Å². The Morgan fingerprint density at radius 2 is 0.739 bits per heavy atom. The molecule has 1 nitrogen and oxygen atoms in total. The molecule has 0 rings (SSSR count). The molecule has 0 amide bonds. The van der Waals surface area contributed by atoms with E-state index in [4.69, 9.17) is 0 Å². The molecule has 136 valence electrons. The summed E-state index contributed by atoms with van der Waals surface area (Å²) in [7, 11) is 0. The Bertz CT molecular complexity index is 421. The summed E-state index contributed by atoms with van der Waals surface area (Å²) in [5.74, 6) is 0. The molecule has 0 aromatic heterocycles. The van der Waals surface area contributed by atoms with Gasteiger partial charge in [0, 0.05) is 0 Å². The first-order valence-electron chi connectivity index (χ1n) is 5.07. The van der Waals surface area contributed by atoms with Crippen molar-refractivity contribution in [2.45, 2.75) is 35.9 Å². The second kappa shape index (κ2) is 5.60. The predicted octanol–water partition coefficient (Wildman–Crippen LogP) is 5.10. The minimum atomic E-state index is -6.65. The van der Waals surface area contributed by atoms with Crippen LogP contribution in [-0.4, -0.2) is 35.9 Å². The van der Waals surface area contributed by atoms with Crippen LogP contribution in [-0.2, 0) is 4.74 Å². The van der Waals surface area contributed by atoms with Crippen LogP contribution < -0.4 is 0 Å². The van der Waals surface area contributed by atoms with Crippen LogP contribution in [0.15, 0.2) is 25.3 Å². The van der Waals surface area contributed by atoms with Crippen molar-refractivity contribution in [3.63, 3.8) is 0 Å². The summed E-state index contributed by atoms with van der Waals surface area (Å²) in [4.78, 5) is 0. The smallest absolute Gasteiger partial charge is 0.249 e. The van der Waals surface area contributed by atoms with Gasteiger partial charge < -0.3 is 0 Å². The highest BCUT2D eigenvalue weighted by Gasteiger charge is 2.78. The van der Waals surface area contributed by atoms with Gasteiger partial charge in [-0.05, 0) is 12.2 Å². The number of rotatable bonds is 6. The summed E-state index contributed by atoms with van der Waals surface area (Å²) in [6.07, 6.45) is -29.0. The summed E-state index contributed by atoms with van der Waals surface area (Å²) < 4.78 is 154. The lowest BCUT2D eigenvalue weighted by atomic mass is 10.0. The molecule has 0 saturated heterocycles. The molecule has 0 aliphatic rings. The molecule has 0 aliphatic heterocycles. The van der Waals surface area contributed by atoms with Crippen molar-refractivity contribution in [2.75, 3.05) is 0 Å². The van der Waals surface area contributed by atoms with Gasteiger partial charge in [-0.1, -0.05) is 13.2 Å². The second-order valence-corrected chi connectivity index (χ2v) is 3.96. The first-order chi connectivity index (χ1) is 9.83. The van der Waals surface area contributed by atoms with Gasteiger partial charge in [0.15, 0.2) is 0 Å². The van der Waals surface area contributed by atoms with Crippen LogP contribution in [0.1, 0.15) is 0 Å². The van der Waals surface area contributed by atoms with Gasteiger partial charge in [0.25, 0.3) is 0 Å². The van der Waals surface area contributed by atoms with Crippen molar-refractivity contribution >= 4 is 0 Å². The highest BCUT2D eigenvalue weighted by molar-refractivity contribution is 5.12. The standard InChI is InChI=1S/C10H6F12O/c1-3-5(11,7(13,14)15)9(19,20)23-10(21,22)6(12,4-2)8(16,17)18/h3-4H,1-2H2. The molecule has 0 radical (unpaired) electrons. The van der Waals surface area contributed by atoms with E-state index in [1.165, 1.54) is 0 Å². The minimum Gasteiger partial charge on any atom is -0.249 e. The molecule has 0 spiro atoms.